The Bertz CT molecular complexity index is 517. The third-order valence-electron chi connectivity index (χ3n) is 3.07. The average molecular weight is 285 g/mol. The van der Waals surface area contributed by atoms with Crippen molar-refractivity contribution in [3.63, 3.8) is 0 Å². The van der Waals surface area contributed by atoms with Crippen LogP contribution in [0.1, 0.15) is 31.7 Å². The van der Waals surface area contributed by atoms with Crippen LogP contribution < -0.4 is 10.6 Å². The maximum Gasteiger partial charge on any atom is 0.133 e. The number of anilines is 2. The van der Waals surface area contributed by atoms with E-state index in [0.29, 0.717) is 0 Å². The van der Waals surface area contributed by atoms with Crippen LogP contribution in [0, 0.1) is 0 Å². The van der Waals surface area contributed by atoms with Crippen molar-refractivity contribution < 1.29 is 0 Å². The van der Waals surface area contributed by atoms with Gasteiger partial charge >= 0.3 is 0 Å². The Kier molecular flexibility index (Phi) is 5.94. The van der Waals surface area contributed by atoms with Gasteiger partial charge < -0.3 is 10.6 Å². The molecule has 0 radical (unpaired) electrons. The van der Waals surface area contributed by atoms with Gasteiger partial charge in [-0.25, -0.2) is 9.97 Å². The third kappa shape index (κ3) is 5.02. The van der Waals surface area contributed by atoms with Crippen molar-refractivity contribution >= 4 is 11.6 Å². The minimum absolute atomic E-state index is 0.845. The van der Waals surface area contributed by atoms with Crippen LogP contribution in [0.4, 0.5) is 11.6 Å². The molecular weight excluding hydrogens is 262 g/mol. The molecule has 0 aliphatic carbocycles. The smallest absolute Gasteiger partial charge is 0.133 e. The van der Waals surface area contributed by atoms with E-state index in [1.807, 2.05) is 30.6 Å². The van der Waals surface area contributed by atoms with Gasteiger partial charge in [-0.15, -0.1) is 0 Å². The van der Waals surface area contributed by atoms with Gasteiger partial charge in [-0.2, -0.15) is 0 Å². The summed E-state index contributed by atoms with van der Waals surface area (Å²) in [5.74, 6) is 2.67. The molecule has 2 aromatic rings. The lowest BCUT2D eigenvalue weighted by molar-refractivity contribution is 0.833. The second kappa shape index (κ2) is 8.19. The molecule has 2 heterocycles. The van der Waals surface area contributed by atoms with Gasteiger partial charge in [0.2, 0.25) is 0 Å². The van der Waals surface area contributed by atoms with E-state index < -0.39 is 0 Å². The van der Waals surface area contributed by atoms with Crippen LogP contribution >= 0.6 is 0 Å². The first-order chi connectivity index (χ1) is 10.3. The monoisotopic (exact) mass is 285 g/mol. The van der Waals surface area contributed by atoms with Gasteiger partial charge in [0, 0.05) is 38.0 Å². The normalized spacial score (nSPS) is 10.4. The van der Waals surface area contributed by atoms with Crippen LogP contribution in [-0.4, -0.2) is 28.0 Å². The largest absolute Gasteiger partial charge is 0.370 e. The molecule has 0 atom stereocenters. The first kappa shape index (κ1) is 15.2. The number of nitrogens with zero attached hydrogens (tertiary/aromatic N) is 3. The Hall–Kier alpha value is -2.17. The van der Waals surface area contributed by atoms with Gasteiger partial charge in [-0.3, -0.25) is 4.98 Å². The number of aryl methyl sites for hydroxylation is 1. The number of hydrogen-bond donors (Lipinski definition) is 2. The predicted molar refractivity (Wildman–Crippen MR) is 86.6 cm³/mol. The van der Waals surface area contributed by atoms with Crippen molar-refractivity contribution in [2.45, 2.75) is 33.1 Å². The number of pyridine rings is 1. The van der Waals surface area contributed by atoms with E-state index >= 15 is 0 Å². The highest BCUT2D eigenvalue weighted by Crippen LogP contribution is 2.12. The molecule has 0 saturated carbocycles. The van der Waals surface area contributed by atoms with E-state index in [2.05, 4.69) is 39.4 Å². The quantitative estimate of drug-likeness (QED) is 0.781. The topological polar surface area (TPSA) is 62.7 Å². The molecule has 2 rings (SSSR count). The SMILES string of the molecule is CCCc1nc(NCC)cc(NCCc2ccncc2)n1. The van der Waals surface area contributed by atoms with Gasteiger partial charge in [0.15, 0.2) is 0 Å². The molecule has 0 aromatic carbocycles. The summed E-state index contributed by atoms with van der Waals surface area (Å²) < 4.78 is 0. The molecule has 0 fully saturated rings. The van der Waals surface area contributed by atoms with Crippen LogP contribution in [0.5, 0.6) is 0 Å². The summed E-state index contributed by atoms with van der Waals surface area (Å²) in [5.41, 5.74) is 1.27. The Balaban J connectivity index is 1.97. The maximum atomic E-state index is 4.56. The lowest BCUT2D eigenvalue weighted by Gasteiger charge is -2.10. The zero-order valence-corrected chi connectivity index (χ0v) is 12.8. The molecular formula is C16H23N5. The first-order valence-corrected chi connectivity index (χ1v) is 7.56. The second-order valence-corrected chi connectivity index (χ2v) is 4.87. The maximum absolute atomic E-state index is 4.56. The molecule has 0 saturated heterocycles. The van der Waals surface area contributed by atoms with E-state index in [9.17, 15) is 0 Å². The van der Waals surface area contributed by atoms with Crippen molar-refractivity contribution in [1.29, 1.82) is 0 Å². The van der Waals surface area contributed by atoms with Gasteiger partial charge in [0.25, 0.3) is 0 Å². The van der Waals surface area contributed by atoms with Crippen molar-refractivity contribution in [3.8, 4) is 0 Å². The Labute approximate surface area is 126 Å². The molecule has 2 aromatic heterocycles. The molecule has 0 bridgehead atoms. The van der Waals surface area contributed by atoms with E-state index in [1.165, 1.54) is 5.56 Å². The Morgan fingerprint density at radius 2 is 1.67 bits per heavy atom. The minimum Gasteiger partial charge on any atom is -0.370 e. The Morgan fingerprint density at radius 1 is 0.952 bits per heavy atom. The zero-order chi connectivity index (χ0) is 14.9. The standard InChI is InChI=1S/C16H23N5/c1-3-5-14-20-15(18-4-2)12-16(21-14)19-11-8-13-6-9-17-10-7-13/h6-7,9-10,12H,3-5,8,11H2,1-2H3,(H2,18,19,20,21). The molecule has 0 spiro atoms. The van der Waals surface area contributed by atoms with Crippen LogP contribution in [0.2, 0.25) is 0 Å². The summed E-state index contributed by atoms with van der Waals surface area (Å²) in [6.45, 7) is 5.91. The highest BCUT2D eigenvalue weighted by atomic mass is 15.1. The summed E-state index contributed by atoms with van der Waals surface area (Å²) in [6, 6.07) is 6.04. The van der Waals surface area contributed by atoms with Crippen LogP contribution in [0.3, 0.4) is 0 Å². The summed E-state index contributed by atoms with van der Waals surface area (Å²) in [6.07, 6.45) is 6.54. The Morgan fingerprint density at radius 3 is 2.33 bits per heavy atom. The van der Waals surface area contributed by atoms with Crippen LogP contribution in [0.25, 0.3) is 0 Å². The summed E-state index contributed by atoms with van der Waals surface area (Å²) in [7, 11) is 0. The second-order valence-electron chi connectivity index (χ2n) is 4.87. The molecule has 0 unspecified atom stereocenters. The molecule has 0 aliphatic heterocycles. The van der Waals surface area contributed by atoms with Gasteiger partial charge in [0.1, 0.15) is 17.5 Å². The first-order valence-electron chi connectivity index (χ1n) is 7.56. The third-order valence-corrected chi connectivity index (χ3v) is 3.07. The van der Waals surface area contributed by atoms with Crippen LogP contribution in [-0.2, 0) is 12.8 Å². The van der Waals surface area contributed by atoms with Crippen LogP contribution in [0.15, 0.2) is 30.6 Å². The number of aromatic nitrogens is 3. The lowest BCUT2D eigenvalue weighted by Crippen LogP contribution is -2.10. The molecule has 2 N–H and O–H groups in total. The van der Waals surface area contributed by atoms with E-state index in [-0.39, 0.29) is 0 Å². The highest BCUT2D eigenvalue weighted by Gasteiger charge is 2.03. The average Bonchev–Trinajstić information content (AvgIpc) is 2.49. The summed E-state index contributed by atoms with van der Waals surface area (Å²) >= 11 is 0. The fourth-order valence-electron chi connectivity index (χ4n) is 2.08. The minimum atomic E-state index is 0.845. The van der Waals surface area contributed by atoms with Gasteiger partial charge in [-0.1, -0.05) is 6.92 Å². The van der Waals surface area contributed by atoms with E-state index in [0.717, 1.165) is 49.8 Å². The summed E-state index contributed by atoms with van der Waals surface area (Å²) in [4.78, 5) is 13.1. The van der Waals surface area contributed by atoms with Crippen molar-refractivity contribution in [2.75, 3.05) is 23.7 Å². The molecule has 0 aliphatic rings. The van der Waals surface area contributed by atoms with Gasteiger partial charge in [0.05, 0.1) is 0 Å². The molecule has 21 heavy (non-hydrogen) atoms. The lowest BCUT2D eigenvalue weighted by atomic mass is 10.2. The van der Waals surface area contributed by atoms with Crippen molar-refractivity contribution in [1.82, 2.24) is 15.0 Å². The van der Waals surface area contributed by atoms with E-state index in [1.54, 1.807) is 0 Å². The highest BCUT2D eigenvalue weighted by molar-refractivity contribution is 5.47. The predicted octanol–water partition coefficient (Wildman–Crippen LogP) is 2.91. The van der Waals surface area contributed by atoms with Gasteiger partial charge in [-0.05, 0) is 37.5 Å². The number of hydrogen-bond acceptors (Lipinski definition) is 5. The molecule has 5 heteroatoms. The number of rotatable bonds is 8. The van der Waals surface area contributed by atoms with Crippen molar-refractivity contribution in [3.05, 3.63) is 42.0 Å². The van der Waals surface area contributed by atoms with Crippen molar-refractivity contribution in [2.24, 2.45) is 0 Å². The molecule has 112 valence electrons. The fraction of sp³-hybridized carbons (Fsp3) is 0.438. The molecule has 5 nitrogen and oxygen atoms in total. The zero-order valence-electron chi connectivity index (χ0n) is 12.8. The summed E-state index contributed by atoms with van der Waals surface area (Å²) in [5, 5.41) is 6.63. The number of nitrogens with one attached hydrogen (secondary N) is 2. The molecule has 0 amide bonds. The van der Waals surface area contributed by atoms with E-state index in [4.69, 9.17) is 0 Å². The fourth-order valence-corrected chi connectivity index (χ4v) is 2.08.